The Morgan fingerprint density at radius 1 is 1.67 bits per heavy atom. The van der Waals surface area contributed by atoms with Crippen LogP contribution in [-0.2, 0) is 13.0 Å². The predicted molar refractivity (Wildman–Crippen MR) is 47.2 cm³/mol. The number of rotatable bonds is 1. The van der Waals surface area contributed by atoms with Gasteiger partial charge in [-0.2, -0.15) is 0 Å². The fourth-order valence-corrected chi connectivity index (χ4v) is 2.25. The maximum absolute atomic E-state index is 10.7. The third-order valence-electron chi connectivity index (χ3n) is 1.87. The van der Waals surface area contributed by atoms with Gasteiger partial charge in [-0.1, -0.05) is 0 Å². The summed E-state index contributed by atoms with van der Waals surface area (Å²) < 4.78 is 0. The highest BCUT2D eigenvalue weighted by atomic mass is 32.1. The van der Waals surface area contributed by atoms with Gasteiger partial charge in [-0.15, -0.1) is 11.3 Å². The van der Waals surface area contributed by atoms with Crippen molar-refractivity contribution in [2.75, 3.05) is 0 Å². The maximum Gasteiger partial charge on any atom is 0.336 e. The molecule has 0 spiro atoms. The number of thiophene rings is 1. The number of nitrogens with zero attached hydrogens (tertiary/aromatic N) is 1. The molecule has 0 saturated carbocycles. The van der Waals surface area contributed by atoms with Gasteiger partial charge in [0.25, 0.3) is 0 Å². The second kappa shape index (κ2) is 2.71. The Kier molecular flexibility index (Phi) is 1.69. The van der Waals surface area contributed by atoms with Crippen LogP contribution in [0.4, 0.5) is 0 Å². The minimum Gasteiger partial charge on any atom is -0.478 e. The summed E-state index contributed by atoms with van der Waals surface area (Å²) in [6, 6.07) is 0. The first kappa shape index (κ1) is 7.49. The average Bonchev–Trinajstić information content (AvgIpc) is 2.47. The molecule has 1 aromatic rings. The molecular formula is C8H7NO2S. The van der Waals surface area contributed by atoms with E-state index in [0.717, 1.165) is 10.4 Å². The quantitative estimate of drug-likeness (QED) is 0.715. The Bertz CT molecular complexity index is 354. The van der Waals surface area contributed by atoms with Crippen LogP contribution >= 0.6 is 11.3 Å². The van der Waals surface area contributed by atoms with E-state index in [-0.39, 0.29) is 0 Å². The van der Waals surface area contributed by atoms with Crippen LogP contribution in [0.1, 0.15) is 20.8 Å². The normalized spacial score (nSPS) is 14.3. The molecule has 62 valence electrons. The Labute approximate surface area is 73.4 Å². The summed E-state index contributed by atoms with van der Waals surface area (Å²) in [7, 11) is 0. The molecule has 1 aliphatic heterocycles. The summed E-state index contributed by atoms with van der Waals surface area (Å²) in [6.07, 6.45) is 2.45. The third kappa shape index (κ3) is 1.04. The van der Waals surface area contributed by atoms with Gasteiger partial charge in [0.15, 0.2) is 0 Å². The van der Waals surface area contributed by atoms with E-state index in [1.54, 1.807) is 11.6 Å². The number of carbonyl (C=O) groups is 1. The van der Waals surface area contributed by atoms with Crippen molar-refractivity contribution in [3.63, 3.8) is 0 Å². The molecule has 1 aromatic heterocycles. The van der Waals surface area contributed by atoms with Crippen LogP contribution in [0.15, 0.2) is 10.4 Å². The van der Waals surface area contributed by atoms with Crippen molar-refractivity contribution < 1.29 is 9.90 Å². The number of carboxylic acid groups (broad SMARTS) is 1. The standard InChI is InChI=1S/C8H7NO2S/c10-8(11)6-4-12-7-3-9-2-1-5(6)7/h2,4H,1,3H2,(H,10,11). The van der Waals surface area contributed by atoms with Crippen LogP contribution in [0, 0.1) is 0 Å². The summed E-state index contributed by atoms with van der Waals surface area (Å²) in [5.74, 6) is -0.831. The van der Waals surface area contributed by atoms with Gasteiger partial charge >= 0.3 is 5.97 Å². The molecule has 0 bridgehead atoms. The molecule has 0 aliphatic carbocycles. The van der Waals surface area contributed by atoms with Crippen LogP contribution in [-0.4, -0.2) is 17.3 Å². The van der Waals surface area contributed by atoms with Gasteiger partial charge in [0.2, 0.25) is 0 Å². The van der Waals surface area contributed by atoms with E-state index in [9.17, 15) is 4.79 Å². The number of carboxylic acids is 1. The lowest BCUT2D eigenvalue weighted by molar-refractivity contribution is 0.0696. The largest absolute Gasteiger partial charge is 0.478 e. The van der Waals surface area contributed by atoms with Crippen molar-refractivity contribution in [2.24, 2.45) is 4.99 Å². The fraction of sp³-hybridized carbons (Fsp3) is 0.250. The summed E-state index contributed by atoms with van der Waals surface area (Å²) in [5, 5.41) is 10.5. The molecule has 0 atom stereocenters. The first-order valence-corrected chi connectivity index (χ1v) is 4.48. The smallest absolute Gasteiger partial charge is 0.336 e. The Hall–Kier alpha value is -1.16. The summed E-state index contributed by atoms with van der Waals surface area (Å²) in [6.45, 7) is 0.646. The topological polar surface area (TPSA) is 49.7 Å². The fourth-order valence-electron chi connectivity index (χ4n) is 1.26. The van der Waals surface area contributed by atoms with Crippen molar-refractivity contribution in [3.8, 4) is 0 Å². The van der Waals surface area contributed by atoms with E-state index in [1.165, 1.54) is 11.3 Å². The average molecular weight is 181 g/mol. The molecule has 12 heavy (non-hydrogen) atoms. The molecule has 0 radical (unpaired) electrons. The zero-order chi connectivity index (χ0) is 8.55. The predicted octanol–water partition coefficient (Wildman–Crippen LogP) is 1.57. The molecule has 1 aliphatic rings. The molecule has 4 heteroatoms. The molecule has 0 aromatic carbocycles. The molecule has 3 nitrogen and oxygen atoms in total. The van der Waals surface area contributed by atoms with E-state index >= 15 is 0 Å². The Morgan fingerprint density at radius 3 is 3.25 bits per heavy atom. The van der Waals surface area contributed by atoms with E-state index in [1.807, 2.05) is 0 Å². The molecule has 0 amide bonds. The van der Waals surface area contributed by atoms with Crippen LogP contribution in [0.3, 0.4) is 0 Å². The monoisotopic (exact) mass is 181 g/mol. The zero-order valence-electron chi connectivity index (χ0n) is 6.28. The van der Waals surface area contributed by atoms with Crippen LogP contribution in [0.2, 0.25) is 0 Å². The van der Waals surface area contributed by atoms with Gasteiger partial charge < -0.3 is 5.11 Å². The lowest BCUT2D eigenvalue weighted by Crippen LogP contribution is -2.04. The summed E-state index contributed by atoms with van der Waals surface area (Å²) in [4.78, 5) is 15.9. The number of hydrogen-bond donors (Lipinski definition) is 1. The first-order valence-electron chi connectivity index (χ1n) is 3.60. The minimum atomic E-state index is -0.831. The van der Waals surface area contributed by atoms with Gasteiger partial charge in [0.1, 0.15) is 0 Å². The second-order valence-corrected chi connectivity index (χ2v) is 3.55. The second-order valence-electron chi connectivity index (χ2n) is 2.58. The molecule has 0 unspecified atom stereocenters. The molecule has 1 N–H and O–H groups in total. The van der Waals surface area contributed by atoms with Crippen molar-refractivity contribution in [3.05, 3.63) is 21.4 Å². The van der Waals surface area contributed by atoms with Gasteiger partial charge in [0.05, 0.1) is 12.1 Å². The SMILES string of the molecule is O=C(O)c1csc2c1CC=NC2. The Morgan fingerprint density at radius 2 is 2.50 bits per heavy atom. The van der Waals surface area contributed by atoms with E-state index < -0.39 is 5.97 Å². The Balaban J connectivity index is 2.48. The van der Waals surface area contributed by atoms with Crippen molar-refractivity contribution in [2.45, 2.75) is 13.0 Å². The van der Waals surface area contributed by atoms with E-state index in [2.05, 4.69) is 4.99 Å². The van der Waals surface area contributed by atoms with Gasteiger partial charge in [-0.3, -0.25) is 4.99 Å². The molecule has 2 heterocycles. The zero-order valence-corrected chi connectivity index (χ0v) is 7.10. The van der Waals surface area contributed by atoms with Gasteiger partial charge in [-0.05, 0) is 5.56 Å². The van der Waals surface area contributed by atoms with Crippen LogP contribution in [0.25, 0.3) is 0 Å². The van der Waals surface area contributed by atoms with E-state index in [4.69, 9.17) is 5.11 Å². The lowest BCUT2D eigenvalue weighted by Gasteiger charge is -2.04. The molecule has 0 saturated heterocycles. The van der Waals surface area contributed by atoms with Crippen molar-refractivity contribution in [1.29, 1.82) is 0 Å². The molecule has 0 fully saturated rings. The minimum absolute atomic E-state index is 0.446. The van der Waals surface area contributed by atoms with Crippen LogP contribution < -0.4 is 0 Å². The maximum atomic E-state index is 10.7. The van der Waals surface area contributed by atoms with Crippen LogP contribution in [0.5, 0.6) is 0 Å². The molecular weight excluding hydrogens is 174 g/mol. The third-order valence-corrected chi connectivity index (χ3v) is 2.88. The lowest BCUT2D eigenvalue weighted by atomic mass is 10.1. The number of hydrogen-bond acceptors (Lipinski definition) is 3. The van der Waals surface area contributed by atoms with Crippen molar-refractivity contribution in [1.82, 2.24) is 0 Å². The summed E-state index contributed by atoms with van der Waals surface area (Å²) in [5.41, 5.74) is 1.39. The first-order chi connectivity index (χ1) is 5.79. The molecule has 2 rings (SSSR count). The number of aliphatic imine (C=N–C) groups is 1. The highest BCUT2D eigenvalue weighted by molar-refractivity contribution is 7.10. The highest BCUT2D eigenvalue weighted by Gasteiger charge is 2.17. The van der Waals surface area contributed by atoms with Gasteiger partial charge in [0, 0.05) is 22.9 Å². The number of fused-ring (bicyclic) bond motifs is 1. The summed E-state index contributed by atoms with van der Waals surface area (Å²) >= 11 is 1.49. The highest BCUT2D eigenvalue weighted by Crippen LogP contribution is 2.25. The van der Waals surface area contributed by atoms with Gasteiger partial charge in [-0.25, -0.2) is 4.79 Å². The number of aromatic carboxylic acids is 1. The van der Waals surface area contributed by atoms with E-state index in [0.29, 0.717) is 18.5 Å². The van der Waals surface area contributed by atoms with Crippen molar-refractivity contribution >= 4 is 23.5 Å².